The molecule has 2 nitrogen and oxygen atoms in total. The van der Waals surface area contributed by atoms with Crippen LogP contribution in [0.3, 0.4) is 0 Å². The third-order valence-electron chi connectivity index (χ3n) is 7.61. The van der Waals surface area contributed by atoms with E-state index >= 15 is 0 Å². The summed E-state index contributed by atoms with van der Waals surface area (Å²) in [6.45, 7) is 14.0. The van der Waals surface area contributed by atoms with E-state index < -0.39 is 0 Å². The van der Waals surface area contributed by atoms with E-state index in [0.29, 0.717) is 0 Å². The number of rotatable bonds is 9. The van der Waals surface area contributed by atoms with Crippen molar-refractivity contribution in [3.05, 3.63) is 64.7 Å². The van der Waals surface area contributed by atoms with Crippen LogP contribution in [0.25, 0.3) is 0 Å². The Kier molecular flexibility index (Phi) is 11.5. The molecule has 4 rings (SSSR count). The molecular formula is C32H50N2. The summed E-state index contributed by atoms with van der Waals surface area (Å²) in [4.78, 5) is 2.60. The molecule has 0 atom stereocenters. The first kappa shape index (κ1) is 26.8. The van der Waals surface area contributed by atoms with E-state index in [9.17, 15) is 0 Å². The Labute approximate surface area is 210 Å². The highest BCUT2D eigenvalue weighted by Crippen LogP contribution is 2.29. The van der Waals surface area contributed by atoms with Gasteiger partial charge in [0.2, 0.25) is 0 Å². The fourth-order valence-corrected chi connectivity index (χ4v) is 5.27. The smallest absolute Gasteiger partial charge is 0.0401 e. The Morgan fingerprint density at radius 3 is 2.35 bits per heavy atom. The molecule has 2 heteroatoms. The first-order chi connectivity index (χ1) is 16.6. The van der Waals surface area contributed by atoms with Crippen LogP contribution in [0.15, 0.2) is 42.5 Å². The molecule has 0 spiro atoms. The molecule has 0 aromatic heterocycles. The second kappa shape index (κ2) is 14.6. The van der Waals surface area contributed by atoms with Crippen LogP contribution in [0.2, 0.25) is 0 Å². The molecular weight excluding hydrogens is 412 g/mol. The largest absolute Gasteiger partial charge is 0.371 e. The average Bonchev–Trinajstić information content (AvgIpc) is 2.88. The topological polar surface area (TPSA) is 15.3 Å². The van der Waals surface area contributed by atoms with Crippen molar-refractivity contribution in [2.75, 3.05) is 31.1 Å². The molecule has 2 aliphatic rings. The minimum Gasteiger partial charge on any atom is -0.371 e. The number of piperidine rings is 1. The van der Waals surface area contributed by atoms with E-state index in [-0.39, 0.29) is 0 Å². The van der Waals surface area contributed by atoms with Gasteiger partial charge in [0.1, 0.15) is 0 Å². The van der Waals surface area contributed by atoms with Crippen LogP contribution in [0.5, 0.6) is 0 Å². The maximum Gasteiger partial charge on any atom is 0.0401 e. The maximum atomic E-state index is 3.43. The van der Waals surface area contributed by atoms with E-state index in [2.05, 4.69) is 80.4 Å². The summed E-state index contributed by atoms with van der Waals surface area (Å²) in [7, 11) is 0. The lowest BCUT2D eigenvalue weighted by molar-refractivity contribution is 0.460. The van der Waals surface area contributed by atoms with Gasteiger partial charge >= 0.3 is 0 Å². The third kappa shape index (κ3) is 8.45. The number of fused-ring (bicyclic) bond motifs is 1. The predicted octanol–water partition coefficient (Wildman–Crippen LogP) is 7.93. The highest BCUT2D eigenvalue weighted by atomic mass is 15.1. The van der Waals surface area contributed by atoms with Crippen LogP contribution in [-0.4, -0.2) is 26.2 Å². The lowest BCUT2D eigenvalue weighted by Crippen LogP contribution is -2.30. The van der Waals surface area contributed by atoms with Crippen LogP contribution >= 0.6 is 0 Å². The van der Waals surface area contributed by atoms with Crippen LogP contribution in [0.1, 0.15) is 101 Å². The molecule has 1 N–H and O–H groups in total. The Hall–Kier alpha value is -1.80. The molecule has 1 fully saturated rings. The minimum absolute atomic E-state index is 0.787. The predicted molar refractivity (Wildman–Crippen MR) is 150 cm³/mol. The lowest BCUT2D eigenvalue weighted by Gasteiger charge is -2.32. The SMILES string of the molecule is CC(C)CCc1ccc(C2CCNCC2)cc1.CCCCCN1CCCc2ccc(CC)cc21. The summed E-state index contributed by atoms with van der Waals surface area (Å²) >= 11 is 0. The van der Waals surface area contributed by atoms with Gasteiger partial charge in [-0.2, -0.15) is 0 Å². The van der Waals surface area contributed by atoms with E-state index in [1.165, 1.54) is 101 Å². The maximum absolute atomic E-state index is 3.43. The number of hydrogen-bond donors (Lipinski definition) is 1. The van der Waals surface area contributed by atoms with E-state index in [1.807, 2.05) is 0 Å². The van der Waals surface area contributed by atoms with Gasteiger partial charge < -0.3 is 10.2 Å². The van der Waals surface area contributed by atoms with Gasteiger partial charge in [-0.1, -0.05) is 76.9 Å². The van der Waals surface area contributed by atoms with E-state index in [1.54, 1.807) is 11.1 Å². The molecule has 2 aliphatic heterocycles. The first-order valence-corrected chi connectivity index (χ1v) is 14.3. The van der Waals surface area contributed by atoms with Gasteiger partial charge in [-0.25, -0.2) is 0 Å². The Bertz CT molecular complexity index is 817. The average molecular weight is 463 g/mol. The molecule has 0 unspecified atom stereocenters. The Morgan fingerprint density at radius 1 is 0.941 bits per heavy atom. The number of nitrogens with zero attached hydrogens (tertiary/aromatic N) is 1. The number of anilines is 1. The van der Waals surface area contributed by atoms with Crippen LogP contribution in [0, 0.1) is 5.92 Å². The van der Waals surface area contributed by atoms with Crippen molar-refractivity contribution in [3.63, 3.8) is 0 Å². The van der Waals surface area contributed by atoms with Crippen molar-refractivity contribution in [1.29, 1.82) is 0 Å². The molecule has 188 valence electrons. The summed E-state index contributed by atoms with van der Waals surface area (Å²) in [6.07, 6.45) is 12.9. The molecule has 2 aromatic rings. The molecule has 1 saturated heterocycles. The van der Waals surface area contributed by atoms with E-state index in [0.717, 1.165) is 18.3 Å². The second-order valence-corrected chi connectivity index (χ2v) is 10.8. The van der Waals surface area contributed by atoms with Gasteiger partial charge in [-0.15, -0.1) is 0 Å². The van der Waals surface area contributed by atoms with Crippen LogP contribution in [0.4, 0.5) is 5.69 Å². The number of benzene rings is 2. The summed E-state index contributed by atoms with van der Waals surface area (Å²) < 4.78 is 0. The van der Waals surface area contributed by atoms with Crippen molar-refractivity contribution < 1.29 is 0 Å². The lowest BCUT2D eigenvalue weighted by atomic mass is 9.89. The van der Waals surface area contributed by atoms with Gasteiger partial charge in [-0.3, -0.25) is 0 Å². The Balaban J connectivity index is 0.000000191. The zero-order valence-electron chi connectivity index (χ0n) is 22.5. The summed E-state index contributed by atoms with van der Waals surface area (Å²) in [6, 6.07) is 16.4. The van der Waals surface area contributed by atoms with Crippen LogP contribution in [-0.2, 0) is 19.3 Å². The molecule has 0 aliphatic carbocycles. The zero-order valence-corrected chi connectivity index (χ0v) is 22.5. The second-order valence-electron chi connectivity index (χ2n) is 10.8. The summed E-state index contributed by atoms with van der Waals surface area (Å²) in [5.41, 5.74) is 7.60. The van der Waals surface area contributed by atoms with Gasteiger partial charge in [0.15, 0.2) is 0 Å². The fraction of sp³-hybridized carbons (Fsp3) is 0.625. The number of aryl methyl sites for hydroxylation is 3. The molecule has 0 amide bonds. The molecule has 34 heavy (non-hydrogen) atoms. The van der Waals surface area contributed by atoms with E-state index in [4.69, 9.17) is 0 Å². The molecule has 2 aromatic carbocycles. The van der Waals surface area contributed by atoms with Crippen molar-refractivity contribution in [3.8, 4) is 0 Å². The van der Waals surface area contributed by atoms with Gasteiger partial charge in [0, 0.05) is 18.8 Å². The number of hydrogen-bond acceptors (Lipinski definition) is 2. The molecule has 0 radical (unpaired) electrons. The minimum atomic E-state index is 0.787. The quantitative estimate of drug-likeness (QED) is 0.381. The summed E-state index contributed by atoms with van der Waals surface area (Å²) in [5.74, 6) is 1.59. The first-order valence-electron chi connectivity index (χ1n) is 14.3. The Morgan fingerprint density at radius 2 is 1.68 bits per heavy atom. The standard InChI is InChI=1S/2C16H25N/c1-13(2)3-4-14-5-7-15(8-6-14)16-9-11-17-12-10-16;1-3-5-6-11-17-12-7-8-15-10-9-14(4-2)13-16(15)17/h5-8,13,16-17H,3-4,9-12H2,1-2H3;9-10,13H,3-8,11-12H2,1-2H3. The monoisotopic (exact) mass is 462 g/mol. The fourth-order valence-electron chi connectivity index (χ4n) is 5.27. The zero-order chi connectivity index (χ0) is 24.2. The van der Waals surface area contributed by atoms with Gasteiger partial charge in [-0.05, 0) is 105 Å². The number of unbranched alkanes of at least 4 members (excludes halogenated alkanes) is 2. The summed E-state index contributed by atoms with van der Waals surface area (Å²) in [5, 5.41) is 3.43. The third-order valence-corrected chi connectivity index (χ3v) is 7.61. The van der Waals surface area contributed by atoms with Crippen molar-refractivity contribution in [2.45, 2.75) is 97.8 Å². The number of nitrogens with one attached hydrogen (secondary N) is 1. The molecule has 0 bridgehead atoms. The van der Waals surface area contributed by atoms with Crippen molar-refractivity contribution in [1.82, 2.24) is 5.32 Å². The highest BCUT2D eigenvalue weighted by molar-refractivity contribution is 5.57. The normalized spacial score (nSPS) is 16.2. The molecule has 2 heterocycles. The van der Waals surface area contributed by atoms with Gasteiger partial charge in [0.25, 0.3) is 0 Å². The van der Waals surface area contributed by atoms with Crippen molar-refractivity contribution >= 4 is 5.69 Å². The molecule has 0 saturated carbocycles. The van der Waals surface area contributed by atoms with Crippen LogP contribution < -0.4 is 10.2 Å². The van der Waals surface area contributed by atoms with Crippen molar-refractivity contribution in [2.24, 2.45) is 5.92 Å². The van der Waals surface area contributed by atoms with Gasteiger partial charge in [0.05, 0.1) is 0 Å². The highest BCUT2D eigenvalue weighted by Gasteiger charge is 2.16.